The molecule has 14 heavy (non-hydrogen) atoms. The summed E-state index contributed by atoms with van der Waals surface area (Å²) in [5, 5.41) is 18.0. The van der Waals surface area contributed by atoms with Gasteiger partial charge in [-0.15, -0.1) is 0 Å². The van der Waals surface area contributed by atoms with Crippen molar-refractivity contribution >= 4 is 6.08 Å². The molecule has 76 valence electrons. The summed E-state index contributed by atoms with van der Waals surface area (Å²) in [4.78, 5) is 0. The summed E-state index contributed by atoms with van der Waals surface area (Å²) >= 11 is 0. The molecule has 0 fully saturated rings. The first-order valence-corrected chi connectivity index (χ1v) is 4.29. The van der Waals surface area contributed by atoms with Gasteiger partial charge in [-0.2, -0.15) is 0 Å². The summed E-state index contributed by atoms with van der Waals surface area (Å²) in [6.07, 6.45) is 2.95. The van der Waals surface area contributed by atoms with E-state index in [-0.39, 0.29) is 0 Å². The van der Waals surface area contributed by atoms with Crippen molar-refractivity contribution in [2.75, 3.05) is 7.11 Å². The molecule has 0 heterocycles. The molecule has 0 spiro atoms. The molecule has 0 aliphatic heterocycles. The van der Waals surface area contributed by atoms with E-state index in [9.17, 15) is 0 Å². The largest absolute Gasteiger partial charge is 0.497 e. The number of benzene rings is 1. The predicted octanol–water partition coefficient (Wildman–Crippen LogP) is 1.41. The van der Waals surface area contributed by atoms with Crippen LogP contribution in [0.4, 0.5) is 0 Å². The van der Waals surface area contributed by atoms with Gasteiger partial charge in [0.2, 0.25) is 0 Å². The van der Waals surface area contributed by atoms with E-state index in [1.807, 2.05) is 24.3 Å². The number of ether oxygens (including phenoxy) is 1. The zero-order valence-electron chi connectivity index (χ0n) is 8.27. The van der Waals surface area contributed by atoms with E-state index in [1.54, 1.807) is 13.2 Å². The lowest BCUT2D eigenvalue weighted by atomic mass is 10.1. The third kappa shape index (κ3) is 3.60. The quantitative estimate of drug-likeness (QED) is 0.715. The average molecular weight is 194 g/mol. The van der Waals surface area contributed by atoms with Gasteiger partial charge in [0.05, 0.1) is 7.11 Å². The molecule has 0 saturated carbocycles. The van der Waals surface area contributed by atoms with Crippen LogP contribution in [0.1, 0.15) is 12.5 Å². The van der Waals surface area contributed by atoms with E-state index in [0.29, 0.717) is 0 Å². The molecular formula is C11H14O3. The number of hydrogen-bond donors (Lipinski definition) is 2. The Bertz CT molecular complexity index is 306. The Hall–Kier alpha value is -1.32. The monoisotopic (exact) mass is 194 g/mol. The Balaban J connectivity index is 2.74. The minimum absolute atomic E-state index is 0.776. The van der Waals surface area contributed by atoms with E-state index in [0.717, 1.165) is 11.3 Å². The lowest BCUT2D eigenvalue weighted by Gasteiger charge is -2.08. The summed E-state index contributed by atoms with van der Waals surface area (Å²) in [6, 6.07) is 7.29. The fourth-order valence-electron chi connectivity index (χ4n) is 0.969. The van der Waals surface area contributed by atoms with Crippen molar-refractivity contribution < 1.29 is 14.9 Å². The van der Waals surface area contributed by atoms with Crippen molar-refractivity contribution in [1.82, 2.24) is 0 Å². The molecule has 0 aliphatic rings. The fraction of sp³-hybridized carbons (Fsp3) is 0.273. The van der Waals surface area contributed by atoms with Crippen LogP contribution in [0.5, 0.6) is 5.75 Å². The first-order valence-electron chi connectivity index (χ1n) is 4.29. The van der Waals surface area contributed by atoms with Crippen LogP contribution in [0.25, 0.3) is 6.08 Å². The van der Waals surface area contributed by atoms with Crippen LogP contribution < -0.4 is 4.74 Å². The Morgan fingerprint density at radius 3 is 2.21 bits per heavy atom. The van der Waals surface area contributed by atoms with Gasteiger partial charge in [0.15, 0.2) is 5.79 Å². The predicted molar refractivity (Wildman–Crippen MR) is 54.9 cm³/mol. The number of methoxy groups -OCH3 is 1. The molecule has 0 saturated heterocycles. The van der Waals surface area contributed by atoms with Gasteiger partial charge in [0, 0.05) is 0 Å². The van der Waals surface area contributed by atoms with Crippen LogP contribution in [-0.4, -0.2) is 23.1 Å². The first-order chi connectivity index (χ1) is 6.51. The van der Waals surface area contributed by atoms with Crippen molar-refractivity contribution in [2.45, 2.75) is 12.7 Å². The Morgan fingerprint density at radius 2 is 1.79 bits per heavy atom. The molecular weight excluding hydrogens is 180 g/mol. The minimum Gasteiger partial charge on any atom is -0.497 e. The zero-order chi connectivity index (χ0) is 10.6. The minimum atomic E-state index is -1.76. The van der Waals surface area contributed by atoms with Gasteiger partial charge in [-0.3, -0.25) is 0 Å². The standard InChI is InChI=1S/C11H14O3/c1-11(12,13)8-7-9-3-5-10(14-2)6-4-9/h3-8,12-13H,1-2H3/b8-7+. The van der Waals surface area contributed by atoms with Crippen LogP contribution in [0, 0.1) is 0 Å². The molecule has 3 heteroatoms. The van der Waals surface area contributed by atoms with Crippen molar-refractivity contribution in [3.8, 4) is 5.75 Å². The van der Waals surface area contributed by atoms with Gasteiger partial charge in [0.25, 0.3) is 0 Å². The second kappa shape index (κ2) is 4.26. The molecule has 3 nitrogen and oxygen atoms in total. The maximum absolute atomic E-state index is 9.02. The zero-order valence-corrected chi connectivity index (χ0v) is 8.27. The van der Waals surface area contributed by atoms with E-state index in [1.165, 1.54) is 13.0 Å². The normalized spacial score (nSPS) is 12.0. The van der Waals surface area contributed by atoms with Crippen molar-refractivity contribution in [1.29, 1.82) is 0 Å². The average Bonchev–Trinajstić information content (AvgIpc) is 2.14. The van der Waals surface area contributed by atoms with E-state index < -0.39 is 5.79 Å². The summed E-state index contributed by atoms with van der Waals surface area (Å²) in [6.45, 7) is 1.30. The molecule has 1 aromatic carbocycles. The van der Waals surface area contributed by atoms with Crippen LogP contribution in [-0.2, 0) is 0 Å². The Kier molecular flexibility index (Phi) is 3.28. The van der Waals surface area contributed by atoms with Crippen molar-refractivity contribution in [3.05, 3.63) is 35.9 Å². The van der Waals surface area contributed by atoms with E-state index >= 15 is 0 Å². The highest BCUT2D eigenvalue weighted by Crippen LogP contribution is 2.13. The summed E-state index contributed by atoms with van der Waals surface area (Å²) in [5.74, 6) is -0.988. The lowest BCUT2D eigenvalue weighted by Crippen LogP contribution is -2.18. The van der Waals surface area contributed by atoms with Gasteiger partial charge in [-0.05, 0) is 30.7 Å². The van der Waals surface area contributed by atoms with Crippen molar-refractivity contribution in [3.63, 3.8) is 0 Å². The highest BCUT2D eigenvalue weighted by molar-refractivity contribution is 5.51. The highest BCUT2D eigenvalue weighted by Gasteiger charge is 2.07. The maximum atomic E-state index is 9.02. The molecule has 0 bridgehead atoms. The molecule has 1 rings (SSSR count). The molecule has 0 aromatic heterocycles. The third-order valence-electron chi connectivity index (χ3n) is 1.71. The fourth-order valence-corrected chi connectivity index (χ4v) is 0.969. The van der Waals surface area contributed by atoms with E-state index in [4.69, 9.17) is 14.9 Å². The SMILES string of the molecule is COc1ccc(/C=C/C(C)(O)O)cc1. The van der Waals surface area contributed by atoms with Gasteiger partial charge in [-0.1, -0.05) is 18.2 Å². The second-order valence-electron chi connectivity index (χ2n) is 3.20. The van der Waals surface area contributed by atoms with Gasteiger partial charge in [-0.25, -0.2) is 0 Å². The second-order valence-corrected chi connectivity index (χ2v) is 3.20. The molecule has 0 radical (unpaired) electrons. The molecule has 0 aliphatic carbocycles. The molecule has 0 amide bonds. The van der Waals surface area contributed by atoms with Gasteiger partial charge >= 0.3 is 0 Å². The van der Waals surface area contributed by atoms with Crippen LogP contribution in [0.15, 0.2) is 30.3 Å². The highest BCUT2D eigenvalue weighted by atomic mass is 16.5. The van der Waals surface area contributed by atoms with Crippen LogP contribution in [0.3, 0.4) is 0 Å². The summed E-state index contributed by atoms with van der Waals surface area (Å²) in [7, 11) is 1.60. The van der Waals surface area contributed by atoms with Gasteiger partial charge in [0.1, 0.15) is 5.75 Å². The molecule has 0 atom stereocenters. The maximum Gasteiger partial charge on any atom is 0.179 e. The van der Waals surface area contributed by atoms with Crippen LogP contribution >= 0.6 is 0 Å². The first kappa shape index (κ1) is 10.8. The van der Waals surface area contributed by atoms with E-state index in [2.05, 4.69) is 0 Å². The van der Waals surface area contributed by atoms with Crippen LogP contribution in [0.2, 0.25) is 0 Å². The number of rotatable bonds is 3. The Labute approximate surface area is 83.3 Å². The smallest absolute Gasteiger partial charge is 0.179 e. The number of hydrogen-bond acceptors (Lipinski definition) is 3. The molecule has 0 unspecified atom stereocenters. The topological polar surface area (TPSA) is 49.7 Å². The molecule has 1 aromatic rings. The summed E-state index contributed by atoms with van der Waals surface area (Å²) in [5.41, 5.74) is 0.889. The van der Waals surface area contributed by atoms with Crippen molar-refractivity contribution in [2.24, 2.45) is 0 Å². The Morgan fingerprint density at radius 1 is 1.21 bits per heavy atom. The lowest BCUT2D eigenvalue weighted by molar-refractivity contribution is -0.0998. The van der Waals surface area contributed by atoms with Gasteiger partial charge < -0.3 is 14.9 Å². The summed E-state index contributed by atoms with van der Waals surface area (Å²) < 4.78 is 4.99. The number of aliphatic hydroxyl groups is 2. The molecule has 2 N–H and O–H groups in total. The third-order valence-corrected chi connectivity index (χ3v) is 1.71.